The van der Waals surface area contributed by atoms with Crippen LogP contribution in [0.2, 0.25) is 0 Å². The summed E-state index contributed by atoms with van der Waals surface area (Å²) >= 11 is 0. The van der Waals surface area contributed by atoms with Gasteiger partial charge in [0, 0.05) is 38.8 Å². The Bertz CT molecular complexity index is 189. The molecule has 1 atom stereocenters. The third kappa shape index (κ3) is 3.70. The zero-order valence-electron chi connectivity index (χ0n) is 10.5. The van der Waals surface area contributed by atoms with Gasteiger partial charge in [0.05, 0.1) is 13.2 Å². The molecule has 0 saturated carbocycles. The number of likely N-dealkylation sites (N-methyl/N-ethyl adjacent to an activating group) is 1. The maximum Gasteiger partial charge on any atom is 0.0594 e. The average molecular weight is 227 g/mol. The van der Waals surface area contributed by atoms with Crippen molar-refractivity contribution in [3.05, 3.63) is 0 Å². The number of piperidine rings is 1. The Morgan fingerprint density at radius 1 is 1.38 bits per heavy atom. The normalized spacial score (nSPS) is 28.5. The van der Waals surface area contributed by atoms with Gasteiger partial charge in [-0.2, -0.15) is 0 Å². The summed E-state index contributed by atoms with van der Waals surface area (Å²) in [5, 5.41) is 3.48. The predicted molar refractivity (Wildman–Crippen MR) is 65.8 cm³/mol. The summed E-state index contributed by atoms with van der Waals surface area (Å²) < 4.78 is 5.36. The lowest BCUT2D eigenvalue weighted by Crippen LogP contribution is -2.47. The van der Waals surface area contributed by atoms with Gasteiger partial charge in [0.15, 0.2) is 0 Å². The number of hydrogen-bond acceptors (Lipinski definition) is 4. The van der Waals surface area contributed by atoms with Crippen molar-refractivity contribution in [2.24, 2.45) is 0 Å². The number of ether oxygens (including phenoxy) is 1. The van der Waals surface area contributed by atoms with Gasteiger partial charge in [-0.3, -0.25) is 4.90 Å². The van der Waals surface area contributed by atoms with Crippen molar-refractivity contribution >= 4 is 0 Å². The van der Waals surface area contributed by atoms with Gasteiger partial charge in [0.2, 0.25) is 0 Å². The standard InChI is InChI=1S/C12H25N3O/c1-14(12-3-2-4-13-11-12)5-6-15-7-9-16-10-8-15/h12-13H,2-11H2,1H3. The molecule has 2 saturated heterocycles. The number of morpholine rings is 1. The monoisotopic (exact) mass is 227 g/mol. The van der Waals surface area contributed by atoms with Crippen LogP contribution in [0.5, 0.6) is 0 Å². The van der Waals surface area contributed by atoms with Crippen molar-refractivity contribution in [1.29, 1.82) is 0 Å². The topological polar surface area (TPSA) is 27.7 Å². The Hall–Kier alpha value is -0.160. The molecule has 0 aromatic rings. The fraction of sp³-hybridized carbons (Fsp3) is 1.00. The first kappa shape index (κ1) is 12.3. The maximum atomic E-state index is 5.36. The van der Waals surface area contributed by atoms with Crippen LogP contribution in [0.25, 0.3) is 0 Å². The van der Waals surface area contributed by atoms with Crippen LogP contribution in [-0.4, -0.2) is 75.4 Å². The molecule has 0 amide bonds. The highest BCUT2D eigenvalue weighted by molar-refractivity contribution is 4.77. The summed E-state index contributed by atoms with van der Waals surface area (Å²) in [6, 6.07) is 0.745. The Balaban J connectivity index is 1.63. The molecule has 2 heterocycles. The van der Waals surface area contributed by atoms with E-state index in [0.717, 1.165) is 32.3 Å². The summed E-state index contributed by atoms with van der Waals surface area (Å²) in [6.45, 7) is 8.78. The van der Waals surface area contributed by atoms with Crippen LogP contribution in [0.1, 0.15) is 12.8 Å². The van der Waals surface area contributed by atoms with Gasteiger partial charge in [-0.15, -0.1) is 0 Å². The van der Waals surface area contributed by atoms with Crippen LogP contribution in [0.3, 0.4) is 0 Å². The lowest BCUT2D eigenvalue weighted by atomic mass is 10.1. The quantitative estimate of drug-likeness (QED) is 0.732. The third-order valence-electron chi connectivity index (χ3n) is 3.77. The van der Waals surface area contributed by atoms with Gasteiger partial charge >= 0.3 is 0 Å². The lowest BCUT2D eigenvalue weighted by Gasteiger charge is -2.34. The highest BCUT2D eigenvalue weighted by atomic mass is 16.5. The van der Waals surface area contributed by atoms with Crippen molar-refractivity contribution < 1.29 is 4.74 Å². The van der Waals surface area contributed by atoms with Gasteiger partial charge in [0.1, 0.15) is 0 Å². The van der Waals surface area contributed by atoms with E-state index >= 15 is 0 Å². The summed E-state index contributed by atoms with van der Waals surface area (Å²) in [6.07, 6.45) is 2.68. The van der Waals surface area contributed by atoms with Gasteiger partial charge < -0.3 is 15.0 Å². The summed E-state index contributed by atoms with van der Waals surface area (Å²) in [7, 11) is 2.26. The van der Waals surface area contributed by atoms with E-state index < -0.39 is 0 Å². The SMILES string of the molecule is CN(CCN1CCOCC1)C1CCCNC1. The molecule has 0 aromatic heterocycles. The molecule has 2 fully saturated rings. The number of rotatable bonds is 4. The Morgan fingerprint density at radius 2 is 2.19 bits per heavy atom. The van der Waals surface area contributed by atoms with E-state index in [4.69, 9.17) is 4.74 Å². The highest BCUT2D eigenvalue weighted by Gasteiger charge is 2.18. The minimum atomic E-state index is 0.745. The first-order valence-corrected chi connectivity index (χ1v) is 6.57. The van der Waals surface area contributed by atoms with Crippen LogP contribution < -0.4 is 5.32 Å². The molecule has 0 aliphatic carbocycles. The van der Waals surface area contributed by atoms with Crippen LogP contribution in [0.4, 0.5) is 0 Å². The number of nitrogens with zero attached hydrogens (tertiary/aromatic N) is 2. The molecule has 16 heavy (non-hydrogen) atoms. The summed E-state index contributed by atoms with van der Waals surface area (Å²) in [5.74, 6) is 0. The Kier molecular flexibility index (Phi) is 5.03. The minimum absolute atomic E-state index is 0.745. The zero-order chi connectivity index (χ0) is 11.2. The van der Waals surface area contributed by atoms with E-state index in [2.05, 4.69) is 22.2 Å². The zero-order valence-corrected chi connectivity index (χ0v) is 10.5. The molecular formula is C12H25N3O. The van der Waals surface area contributed by atoms with Gasteiger partial charge in [-0.25, -0.2) is 0 Å². The van der Waals surface area contributed by atoms with Crippen molar-refractivity contribution in [1.82, 2.24) is 15.1 Å². The van der Waals surface area contributed by atoms with E-state index in [9.17, 15) is 0 Å². The van der Waals surface area contributed by atoms with Crippen molar-refractivity contribution in [3.8, 4) is 0 Å². The average Bonchev–Trinajstić information content (AvgIpc) is 2.38. The van der Waals surface area contributed by atoms with E-state index in [1.165, 1.54) is 39.0 Å². The fourth-order valence-electron chi connectivity index (χ4n) is 2.52. The second-order valence-corrected chi connectivity index (χ2v) is 4.93. The van der Waals surface area contributed by atoms with Crippen molar-refractivity contribution in [2.45, 2.75) is 18.9 Å². The van der Waals surface area contributed by atoms with E-state index in [1.54, 1.807) is 0 Å². The number of nitrogens with one attached hydrogen (secondary N) is 1. The molecule has 94 valence electrons. The van der Waals surface area contributed by atoms with Crippen molar-refractivity contribution in [2.75, 3.05) is 59.5 Å². The van der Waals surface area contributed by atoms with Crippen molar-refractivity contribution in [3.63, 3.8) is 0 Å². The first-order chi connectivity index (χ1) is 7.86. The molecule has 4 heteroatoms. The predicted octanol–water partition coefficient (Wildman–Crippen LogP) is 0.00240. The second-order valence-electron chi connectivity index (χ2n) is 4.93. The van der Waals surface area contributed by atoms with Gasteiger partial charge in [-0.1, -0.05) is 0 Å². The van der Waals surface area contributed by atoms with Crippen LogP contribution in [0, 0.1) is 0 Å². The molecule has 0 aromatic carbocycles. The molecule has 2 rings (SSSR count). The van der Waals surface area contributed by atoms with Gasteiger partial charge in [-0.05, 0) is 26.4 Å². The highest BCUT2D eigenvalue weighted by Crippen LogP contribution is 2.08. The first-order valence-electron chi connectivity index (χ1n) is 6.57. The molecule has 0 spiro atoms. The van der Waals surface area contributed by atoms with E-state index in [0.29, 0.717) is 0 Å². The molecule has 0 radical (unpaired) electrons. The molecular weight excluding hydrogens is 202 g/mol. The Labute approximate surface area is 98.9 Å². The fourth-order valence-corrected chi connectivity index (χ4v) is 2.52. The maximum absolute atomic E-state index is 5.36. The van der Waals surface area contributed by atoms with E-state index in [1.807, 2.05) is 0 Å². The molecule has 1 unspecified atom stereocenters. The van der Waals surface area contributed by atoms with E-state index in [-0.39, 0.29) is 0 Å². The third-order valence-corrected chi connectivity index (χ3v) is 3.77. The number of hydrogen-bond donors (Lipinski definition) is 1. The molecule has 1 N–H and O–H groups in total. The smallest absolute Gasteiger partial charge is 0.0594 e. The second kappa shape index (κ2) is 6.55. The lowest BCUT2D eigenvalue weighted by molar-refractivity contribution is 0.0320. The molecule has 2 aliphatic heterocycles. The Morgan fingerprint density at radius 3 is 2.88 bits per heavy atom. The van der Waals surface area contributed by atoms with Crippen LogP contribution >= 0.6 is 0 Å². The molecule has 2 aliphatic rings. The largest absolute Gasteiger partial charge is 0.379 e. The minimum Gasteiger partial charge on any atom is -0.379 e. The summed E-state index contributed by atoms with van der Waals surface area (Å²) in [5.41, 5.74) is 0. The van der Waals surface area contributed by atoms with Gasteiger partial charge in [0.25, 0.3) is 0 Å². The van der Waals surface area contributed by atoms with Crippen LogP contribution in [0.15, 0.2) is 0 Å². The van der Waals surface area contributed by atoms with Crippen LogP contribution in [-0.2, 0) is 4.74 Å². The molecule has 0 bridgehead atoms. The summed E-state index contributed by atoms with van der Waals surface area (Å²) in [4.78, 5) is 5.03. The molecule has 4 nitrogen and oxygen atoms in total.